The molecule has 3 heterocycles. The van der Waals surface area contributed by atoms with Crippen LogP contribution in [0.5, 0.6) is 0 Å². The molecular weight excluding hydrogens is 372 g/mol. The molecule has 9 nitrogen and oxygen atoms in total. The molecule has 0 saturated heterocycles. The SMILES string of the molecule is CCOC(=O)CNc1ncc(C2CC(=O)Nc3c2cnn3-c2ccccc2)cn1. The molecule has 0 saturated carbocycles. The third-order valence-electron chi connectivity index (χ3n) is 4.59. The standard InChI is InChI=1S/C20H20N6O3/c1-2-29-18(28)12-23-20-21-9-13(10-22-20)15-8-17(27)25-19-16(15)11-24-26(19)14-6-4-3-5-7-14/h3-7,9-11,15H,2,8,12H2,1H3,(H,25,27)(H,21,22,23). The molecule has 1 amide bonds. The van der Waals surface area contributed by atoms with Gasteiger partial charge < -0.3 is 15.4 Å². The predicted octanol–water partition coefficient (Wildman–Crippen LogP) is 2.11. The number of ether oxygens (including phenoxy) is 1. The molecule has 1 aromatic carbocycles. The Morgan fingerprint density at radius 1 is 1.24 bits per heavy atom. The summed E-state index contributed by atoms with van der Waals surface area (Å²) in [7, 11) is 0. The Labute approximate surface area is 167 Å². The molecule has 1 unspecified atom stereocenters. The average Bonchev–Trinajstić information content (AvgIpc) is 3.16. The number of benzene rings is 1. The van der Waals surface area contributed by atoms with Crippen molar-refractivity contribution in [3.63, 3.8) is 0 Å². The van der Waals surface area contributed by atoms with E-state index in [4.69, 9.17) is 4.74 Å². The van der Waals surface area contributed by atoms with Crippen molar-refractivity contribution in [3.8, 4) is 5.69 Å². The summed E-state index contributed by atoms with van der Waals surface area (Å²) in [5.41, 5.74) is 2.57. The first kappa shape index (κ1) is 18.6. The molecule has 1 atom stereocenters. The number of amides is 1. The number of esters is 1. The fourth-order valence-corrected chi connectivity index (χ4v) is 3.25. The van der Waals surface area contributed by atoms with E-state index < -0.39 is 0 Å². The number of fused-ring (bicyclic) bond motifs is 1. The number of para-hydroxylation sites is 1. The molecule has 0 spiro atoms. The lowest BCUT2D eigenvalue weighted by Crippen LogP contribution is -2.25. The van der Waals surface area contributed by atoms with Crippen molar-refractivity contribution in [2.75, 3.05) is 23.8 Å². The van der Waals surface area contributed by atoms with E-state index in [9.17, 15) is 9.59 Å². The highest BCUT2D eigenvalue weighted by Gasteiger charge is 2.30. The van der Waals surface area contributed by atoms with Crippen LogP contribution in [0.15, 0.2) is 48.9 Å². The smallest absolute Gasteiger partial charge is 0.325 e. The number of nitrogens with one attached hydrogen (secondary N) is 2. The third kappa shape index (κ3) is 3.93. The fourth-order valence-electron chi connectivity index (χ4n) is 3.25. The van der Waals surface area contributed by atoms with Crippen LogP contribution < -0.4 is 10.6 Å². The number of nitrogens with zero attached hydrogens (tertiary/aromatic N) is 4. The van der Waals surface area contributed by atoms with Gasteiger partial charge in [0.2, 0.25) is 11.9 Å². The van der Waals surface area contributed by atoms with Crippen molar-refractivity contribution in [1.82, 2.24) is 19.7 Å². The highest BCUT2D eigenvalue weighted by molar-refractivity contribution is 5.94. The van der Waals surface area contributed by atoms with Crippen LogP contribution in [0.1, 0.15) is 30.4 Å². The van der Waals surface area contributed by atoms with E-state index in [1.54, 1.807) is 30.2 Å². The van der Waals surface area contributed by atoms with Gasteiger partial charge in [0, 0.05) is 30.3 Å². The molecule has 0 bridgehead atoms. The molecule has 0 aliphatic carbocycles. The van der Waals surface area contributed by atoms with Gasteiger partial charge in [-0.2, -0.15) is 5.10 Å². The summed E-state index contributed by atoms with van der Waals surface area (Å²) in [4.78, 5) is 32.3. The van der Waals surface area contributed by atoms with Gasteiger partial charge in [-0.05, 0) is 24.6 Å². The van der Waals surface area contributed by atoms with Gasteiger partial charge in [0.1, 0.15) is 12.4 Å². The monoisotopic (exact) mass is 392 g/mol. The zero-order valence-electron chi connectivity index (χ0n) is 15.8. The van der Waals surface area contributed by atoms with Crippen molar-refractivity contribution >= 4 is 23.6 Å². The first-order chi connectivity index (χ1) is 14.2. The highest BCUT2D eigenvalue weighted by atomic mass is 16.5. The normalized spacial score (nSPS) is 15.3. The van der Waals surface area contributed by atoms with Gasteiger partial charge >= 0.3 is 5.97 Å². The summed E-state index contributed by atoms with van der Waals surface area (Å²) in [6.07, 6.45) is 5.37. The van der Waals surface area contributed by atoms with Crippen LogP contribution in [0.2, 0.25) is 0 Å². The first-order valence-corrected chi connectivity index (χ1v) is 9.30. The summed E-state index contributed by atoms with van der Waals surface area (Å²) in [5.74, 6) is 0.311. The minimum atomic E-state index is -0.373. The summed E-state index contributed by atoms with van der Waals surface area (Å²) in [6.45, 7) is 2.06. The number of aromatic nitrogens is 4. The van der Waals surface area contributed by atoms with Gasteiger partial charge in [-0.1, -0.05) is 18.2 Å². The average molecular weight is 392 g/mol. The molecule has 2 N–H and O–H groups in total. The molecule has 1 aliphatic rings. The van der Waals surface area contributed by atoms with E-state index in [0.29, 0.717) is 18.4 Å². The van der Waals surface area contributed by atoms with Gasteiger partial charge in [-0.3, -0.25) is 9.59 Å². The van der Waals surface area contributed by atoms with E-state index in [0.717, 1.165) is 16.8 Å². The van der Waals surface area contributed by atoms with Gasteiger partial charge in [-0.25, -0.2) is 14.6 Å². The molecule has 1 aliphatic heterocycles. The Morgan fingerprint density at radius 2 is 2.00 bits per heavy atom. The lowest BCUT2D eigenvalue weighted by atomic mass is 9.89. The van der Waals surface area contributed by atoms with Crippen LogP contribution in [0.4, 0.5) is 11.8 Å². The Hall–Kier alpha value is -3.75. The van der Waals surface area contributed by atoms with Crippen LogP contribution in [0.3, 0.4) is 0 Å². The van der Waals surface area contributed by atoms with Crippen LogP contribution >= 0.6 is 0 Å². The summed E-state index contributed by atoms with van der Waals surface area (Å²) in [6, 6.07) is 9.62. The molecule has 29 heavy (non-hydrogen) atoms. The second-order valence-electron chi connectivity index (χ2n) is 6.50. The van der Waals surface area contributed by atoms with E-state index in [1.807, 2.05) is 30.3 Å². The van der Waals surface area contributed by atoms with Crippen molar-refractivity contribution < 1.29 is 14.3 Å². The Balaban J connectivity index is 1.57. The maximum atomic E-state index is 12.3. The zero-order chi connectivity index (χ0) is 20.2. The van der Waals surface area contributed by atoms with Crippen molar-refractivity contribution in [2.45, 2.75) is 19.3 Å². The minimum Gasteiger partial charge on any atom is -0.465 e. The van der Waals surface area contributed by atoms with Gasteiger partial charge in [0.25, 0.3) is 0 Å². The van der Waals surface area contributed by atoms with Crippen LogP contribution in [-0.2, 0) is 14.3 Å². The van der Waals surface area contributed by atoms with Gasteiger partial charge in [0.15, 0.2) is 0 Å². The van der Waals surface area contributed by atoms with Gasteiger partial charge in [0.05, 0.1) is 18.5 Å². The number of anilines is 2. The summed E-state index contributed by atoms with van der Waals surface area (Å²) < 4.78 is 6.58. The number of rotatable bonds is 6. The van der Waals surface area contributed by atoms with Crippen molar-refractivity contribution in [1.29, 1.82) is 0 Å². The Bertz CT molecular complexity index is 1020. The second-order valence-corrected chi connectivity index (χ2v) is 6.50. The molecule has 9 heteroatoms. The van der Waals surface area contributed by atoms with Gasteiger partial charge in [-0.15, -0.1) is 0 Å². The van der Waals surface area contributed by atoms with E-state index in [-0.39, 0.29) is 30.8 Å². The van der Waals surface area contributed by atoms with Crippen LogP contribution in [-0.4, -0.2) is 44.8 Å². The zero-order valence-corrected chi connectivity index (χ0v) is 15.8. The first-order valence-electron chi connectivity index (χ1n) is 9.30. The van der Waals surface area contributed by atoms with Crippen LogP contribution in [0.25, 0.3) is 5.69 Å². The molecule has 4 rings (SSSR count). The quantitative estimate of drug-likeness (QED) is 0.618. The lowest BCUT2D eigenvalue weighted by molar-refractivity contribution is -0.140. The number of carbonyl (C=O) groups excluding carboxylic acids is 2. The Morgan fingerprint density at radius 3 is 2.72 bits per heavy atom. The second kappa shape index (κ2) is 8.09. The Kier molecular flexibility index (Phi) is 5.19. The van der Waals surface area contributed by atoms with E-state index in [1.165, 1.54) is 0 Å². The minimum absolute atomic E-state index is 0.00693. The molecule has 3 aromatic rings. The fraction of sp³-hybridized carbons (Fsp3) is 0.250. The summed E-state index contributed by atoms with van der Waals surface area (Å²) >= 11 is 0. The highest BCUT2D eigenvalue weighted by Crippen LogP contribution is 2.37. The van der Waals surface area contributed by atoms with Crippen LogP contribution in [0, 0.1) is 0 Å². The number of carbonyl (C=O) groups is 2. The molecular formula is C20H20N6O3. The third-order valence-corrected chi connectivity index (χ3v) is 4.59. The molecule has 2 aromatic heterocycles. The lowest BCUT2D eigenvalue weighted by Gasteiger charge is -2.23. The summed E-state index contributed by atoms with van der Waals surface area (Å²) in [5, 5.41) is 10.2. The molecule has 0 radical (unpaired) electrons. The number of hydrogen-bond acceptors (Lipinski definition) is 7. The molecule has 0 fully saturated rings. The maximum Gasteiger partial charge on any atom is 0.325 e. The number of hydrogen-bond donors (Lipinski definition) is 2. The predicted molar refractivity (Wildman–Crippen MR) is 106 cm³/mol. The van der Waals surface area contributed by atoms with Crippen molar-refractivity contribution in [2.24, 2.45) is 0 Å². The van der Waals surface area contributed by atoms with E-state index in [2.05, 4.69) is 25.7 Å². The topological polar surface area (TPSA) is 111 Å². The van der Waals surface area contributed by atoms with E-state index >= 15 is 0 Å². The largest absolute Gasteiger partial charge is 0.465 e. The molecule has 148 valence electrons. The maximum absolute atomic E-state index is 12.3. The van der Waals surface area contributed by atoms with Crippen molar-refractivity contribution in [3.05, 3.63) is 60.0 Å².